The van der Waals surface area contributed by atoms with E-state index in [-0.39, 0.29) is 17.2 Å². The molecule has 84 valence electrons. The van der Waals surface area contributed by atoms with Crippen LogP contribution in [0.2, 0.25) is 0 Å². The number of nitrogens with zero attached hydrogens (tertiary/aromatic N) is 2. The molecule has 0 fully saturated rings. The van der Waals surface area contributed by atoms with E-state index in [9.17, 15) is 13.2 Å². The Morgan fingerprint density at radius 1 is 1.31 bits per heavy atom. The molecule has 0 spiro atoms. The van der Waals surface area contributed by atoms with Gasteiger partial charge >= 0.3 is 6.18 Å². The molecule has 2 heterocycles. The molecular formula is C9H7F3N4. The summed E-state index contributed by atoms with van der Waals surface area (Å²) < 4.78 is 37.9. The third-order valence-electron chi connectivity index (χ3n) is 1.97. The van der Waals surface area contributed by atoms with Crippen LogP contribution in [-0.2, 0) is 6.18 Å². The maximum atomic E-state index is 12.6. The molecule has 0 aromatic carbocycles. The normalized spacial score (nSPS) is 11.7. The van der Waals surface area contributed by atoms with Crippen molar-refractivity contribution in [2.75, 3.05) is 5.73 Å². The molecule has 2 aromatic heterocycles. The van der Waals surface area contributed by atoms with E-state index in [2.05, 4.69) is 15.2 Å². The largest absolute Gasteiger partial charge is 0.418 e. The minimum atomic E-state index is -4.45. The fourth-order valence-corrected chi connectivity index (χ4v) is 1.31. The molecule has 2 rings (SSSR count). The van der Waals surface area contributed by atoms with Gasteiger partial charge in [-0.3, -0.25) is 10.1 Å². The number of hydrogen-bond acceptors (Lipinski definition) is 3. The highest BCUT2D eigenvalue weighted by Gasteiger charge is 2.34. The molecule has 0 unspecified atom stereocenters. The van der Waals surface area contributed by atoms with Gasteiger partial charge in [0.1, 0.15) is 11.5 Å². The predicted octanol–water partition coefficient (Wildman–Crippen LogP) is 2.07. The Morgan fingerprint density at radius 2 is 2.06 bits per heavy atom. The van der Waals surface area contributed by atoms with E-state index in [1.54, 1.807) is 0 Å². The number of alkyl halides is 3. The van der Waals surface area contributed by atoms with Crippen molar-refractivity contribution in [3.63, 3.8) is 0 Å². The van der Waals surface area contributed by atoms with Crippen molar-refractivity contribution in [2.24, 2.45) is 0 Å². The van der Waals surface area contributed by atoms with Crippen LogP contribution in [0, 0.1) is 0 Å². The minimum absolute atomic E-state index is 0.119. The summed E-state index contributed by atoms with van der Waals surface area (Å²) in [6.07, 6.45) is -3.18. The molecule has 0 saturated heterocycles. The fraction of sp³-hybridized carbons (Fsp3) is 0.111. The highest BCUT2D eigenvalue weighted by Crippen LogP contribution is 2.35. The van der Waals surface area contributed by atoms with Crippen LogP contribution in [0.4, 0.5) is 19.0 Å². The van der Waals surface area contributed by atoms with Crippen molar-refractivity contribution < 1.29 is 13.2 Å². The Hall–Kier alpha value is -2.05. The van der Waals surface area contributed by atoms with Gasteiger partial charge in [-0.25, -0.2) is 0 Å². The molecule has 16 heavy (non-hydrogen) atoms. The first-order valence-electron chi connectivity index (χ1n) is 4.32. The van der Waals surface area contributed by atoms with Gasteiger partial charge in [-0.05, 0) is 12.1 Å². The predicted molar refractivity (Wildman–Crippen MR) is 51.2 cm³/mol. The van der Waals surface area contributed by atoms with Gasteiger partial charge in [0.2, 0.25) is 0 Å². The lowest BCUT2D eigenvalue weighted by molar-refractivity contribution is -0.137. The van der Waals surface area contributed by atoms with Crippen molar-refractivity contribution in [1.29, 1.82) is 0 Å². The van der Waals surface area contributed by atoms with Crippen LogP contribution in [-0.4, -0.2) is 15.2 Å². The summed E-state index contributed by atoms with van der Waals surface area (Å²) in [6, 6.07) is 3.49. The fourth-order valence-electron chi connectivity index (χ4n) is 1.31. The van der Waals surface area contributed by atoms with Gasteiger partial charge < -0.3 is 5.73 Å². The van der Waals surface area contributed by atoms with Crippen LogP contribution in [0.1, 0.15) is 5.56 Å². The van der Waals surface area contributed by atoms with E-state index in [0.717, 1.165) is 6.07 Å². The molecular weight excluding hydrogens is 221 g/mol. The number of rotatable bonds is 1. The maximum absolute atomic E-state index is 12.6. The SMILES string of the molecule is Nc1cc(-c2ncccc2C(F)(F)F)[nH]n1. The summed E-state index contributed by atoms with van der Waals surface area (Å²) in [7, 11) is 0. The van der Waals surface area contributed by atoms with Crippen molar-refractivity contribution in [1.82, 2.24) is 15.2 Å². The van der Waals surface area contributed by atoms with E-state index < -0.39 is 11.7 Å². The minimum Gasteiger partial charge on any atom is -0.382 e. The quantitative estimate of drug-likeness (QED) is 0.785. The van der Waals surface area contributed by atoms with Crippen LogP contribution < -0.4 is 5.73 Å². The Labute approximate surface area is 88.3 Å². The number of aromatic amines is 1. The standard InChI is InChI=1S/C9H7F3N4/c10-9(11,12)5-2-1-3-14-8(5)6-4-7(13)16-15-6/h1-4H,(H3,13,15,16). The summed E-state index contributed by atoms with van der Waals surface area (Å²) in [5.74, 6) is 0.119. The van der Waals surface area contributed by atoms with E-state index in [1.807, 2.05) is 0 Å². The van der Waals surface area contributed by atoms with Gasteiger partial charge in [0.15, 0.2) is 0 Å². The average molecular weight is 228 g/mol. The number of anilines is 1. The molecule has 0 aliphatic heterocycles. The smallest absolute Gasteiger partial charge is 0.382 e. The number of nitrogen functional groups attached to an aromatic ring is 1. The zero-order chi connectivity index (χ0) is 11.8. The molecule has 0 saturated carbocycles. The van der Waals surface area contributed by atoms with Crippen molar-refractivity contribution in [3.8, 4) is 11.4 Å². The molecule has 4 nitrogen and oxygen atoms in total. The summed E-state index contributed by atoms with van der Waals surface area (Å²) in [6.45, 7) is 0. The monoisotopic (exact) mass is 228 g/mol. The van der Waals surface area contributed by atoms with Gasteiger partial charge in [-0.2, -0.15) is 18.3 Å². The van der Waals surface area contributed by atoms with Gasteiger partial charge in [0, 0.05) is 12.3 Å². The lowest BCUT2D eigenvalue weighted by Crippen LogP contribution is -2.08. The Morgan fingerprint density at radius 3 is 2.62 bits per heavy atom. The first-order chi connectivity index (χ1) is 7.48. The highest BCUT2D eigenvalue weighted by atomic mass is 19.4. The van der Waals surface area contributed by atoms with Crippen molar-refractivity contribution in [2.45, 2.75) is 6.18 Å². The molecule has 0 amide bonds. The van der Waals surface area contributed by atoms with Gasteiger partial charge in [-0.1, -0.05) is 0 Å². The van der Waals surface area contributed by atoms with E-state index in [0.29, 0.717) is 0 Å². The molecule has 0 aliphatic rings. The topological polar surface area (TPSA) is 67.6 Å². The summed E-state index contributed by atoms with van der Waals surface area (Å²) in [4.78, 5) is 3.68. The number of halogens is 3. The van der Waals surface area contributed by atoms with Crippen LogP contribution >= 0.6 is 0 Å². The second kappa shape index (κ2) is 3.51. The van der Waals surface area contributed by atoms with Gasteiger partial charge in [0.25, 0.3) is 0 Å². The van der Waals surface area contributed by atoms with E-state index in [4.69, 9.17) is 5.73 Å². The summed E-state index contributed by atoms with van der Waals surface area (Å²) >= 11 is 0. The van der Waals surface area contributed by atoms with Crippen LogP contribution in [0.15, 0.2) is 24.4 Å². The number of aromatic nitrogens is 3. The first kappa shape index (κ1) is 10.5. The average Bonchev–Trinajstić information content (AvgIpc) is 2.64. The second-order valence-electron chi connectivity index (χ2n) is 3.10. The first-order valence-corrected chi connectivity index (χ1v) is 4.32. The summed E-state index contributed by atoms with van der Waals surface area (Å²) in [5.41, 5.74) is 4.44. The molecule has 7 heteroatoms. The Kier molecular flexibility index (Phi) is 2.30. The van der Waals surface area contributed by atoms with E-state index in [1.165, 1.54) is 18.3 Å². The number of hydrogen-bond donors (Lipinski definition) is 2. The van der Waals surface area contributed by atoms with Crippen LogP contribution in [0.25, 0.3) is 11.4 Å². The lowest BCUT2D eigenvalue weighted by Gasteiger charge is -2.09. The molecule has 0 aliphatic carbocycles. The molecule has 0 radical (unpaired) electrons. The van der Waals surface area contributed by atoms with Gasteiger partial charge in [0.05, 0.1) is 11.3 Å². The maximum Gasteiger partial charge on any atom is 0.418 e. The van der Waals surface area contributed by atoms with Gasteiger partial charge in [-0.15, -0.1) is 0 Å². The van der Waals surface area contributed by atoms with Crippen molar-refractivity contribution >= 4 is 5.82 Å². The van der Waals surface area contributed by atoms with Crippen LogP contribution in [0.3, 0.4) is 0 Å². The molecule has 0 atom stereocenters. The third kappa shape index (κ3) is 1.83. The lowest BCUT2D eigenvalue weighted by atomic mass is 10.1. The highest BCUT2D eigenvalue weighted by molar-refractivity contribution is 5.62. The van der Waals surface area contributed by atoms with Crippen LogP contribution in [0.5, 0.6) is 0 Å². The zero-order valence-electron chi connectivity index (χ0n) is 7.92. The number of nitrogens with one attached hydrogen (secondary N) is 1. The molecule has 0 bridgehead atoms. The second-order valence-corrected chi connectivity index (χ2v) is 3.10. The number of pyridine rings is 1. The Balaban J connectivity index is 2.57. The molecule has 3 N–H and O–H groups in total. The van der Waals surface area contributed by atoms with E-state index >= 15 is 0 Å². The summed E-state index contributed by atoms with van der Waals surface area (Å²) in [5, 5.41) is 5.96. The molecule has 2 aromatic rings. The number of nitrogens with two attached hydrogens (primary N) is 1. The third-order valence-corrected chi connectivity index (χ3v) is 1.97. The van der Waals surface area contributed by atoms with Crippen molar-refractivity contribution in [3.05, 3.63) is 30.0 Å². The zero-order valence-corrected chi connectivity index (χ0v) is 7.92. The number of H-pyrrole nitrogens is 1. The Bertz CT molecular complexity index is 503.